The van der Waals surface area contributed by atoms with E-state index < -0.39 is 49.9 Å². The van der Waals surface area contributed by atoms with Gasteiger partial charge in [-0.15, -0.1) is 0 Å². The molecule has 0 spiro atoms. The minimum absolute atomic E-state index is 0.219. The van der Waals surface area contributed by atoms with Crippen LogP contribution in [-0.2, 0) is 26.6 Å². The quantitative estimate of drug-likeness (QED) is 0.0991. The summed E-state index contributed by atoms with van der Waals surface area (Å²) in [5, 5.41) is 0. The Morgan fingerprint density at radius 1 is 0.333 bits per heavy atom. The van der Waals surface area contributed by atoms with Gasteiger partial charge in [-0.25, -0.2) is 0 Å². The van der Waals surface area contributed by atoms with E-state index in [1.807, 2.05) is 0 Å². The molecule has 0 aliphatic heterocycles. The first-order chi connectivity index (χ1) is 18.9. The van der Waals surface area contributed by atoms with E-state index in [0.717, 1.165) is 36.3 Å². The normalized spacial score (nSPS) is 17.3. The van der Waals surface area contributed by atoms with Gasteiger partial charge in [0.1, 0.15) is 0 Å². The minimum atomic E-state index is -2.05. The van der Waals surface area contributed by atoms with E-state index in [2.05, 4.69) is 120 Å². The molecular weight excluding hydrogens is 625 g/mol. The van der Waals surface area contributed by atoms with Gasteiger partial charge in [0.2, 0.25) is 0 Å². The lowest BCUT2D eigenvalue weighted by Gasteiger charge is -2.47. The lowest BCUT2D eigenvalue weighted by Crippen LogP contribution is -2.61. The van der Waals surface area contributed by atoms with Crippen LogP contribution < -0.4 is 0 Å². The first-order valence-corrected chi connectivity index (χ1v) is 35.6. The highest BCUT2D eigenvalue weighted by atomic mass is 28.4. The molecule has 0 radical (unpaired) electrons. The molecule has 0 unspecified atom stereocenters. The van der Waals surface area contributed by atoms with Crippen molar-refractivity contribution < 1.29 is 26.6 Å². The maximum atomic E-state index is 7.34. The van der Waals surface area contributed by atoms with Crippen molar-refractivity contribution in [2.75, 3.05) is 13.2 Å². The third kappa shape index (κ3) is 16.6. The Labute approximate surface area is 269 Å². The van der Waals surface area contributed by atoms with Crippen LogP contribution >= 0.6 is 0 Å². The van der Waals surface area contributed by atoms with Gasteiger partial charge in [0.25, 0.3) is 0 Å². The van der Waals surface area contributed by atoms with E-state index >= 15 is 0 Å². The Bertz CT molecular complexity index is 701. The molecule has 0 bridgehead atoms. The topological polar surface area (TPSA) is 55.4 Å². The third-order valence-corrected chi connectivity index (χ3v) is 25.1. The molecular formula is C30H74O6Si6. The van der Waals surface area contributed by atoms with Gasteiger partial charge >= 0.3 is 0 Å². The molecule has 0 aromatic rings. The molecule has 0 aliphatic rings. The summed E-state index contributed by atoms with van der Waals surface area (Å²) in [4.78, 5) is 0. The Balaban J connectivity index is 7.29. The van der Waals surface area contributed by atoms with Gasteiger partial charge < -0.3 is 26.6 Å². The fourth-order valence-corrected chi connectivity index (χ4v) is 10.2. The summed E-state index contributed by atoms with van der Waals surface area (Å²) < 4.78 is 42.6. The summed E-state index contributed by atoms with van der Waals surface area (Å²) >= 11 is 0. The van der Waals surface area contributed by atoms with Crippen LogP contribution in [0.5, 0.6) is 0 Å². The number of rotatable bonds is 23. The zero-order valence-electron chi connectivity index (χ0n) is 31.4. The van der Waals surface area contributed by atoms with Crippen LogP contribution in [0, 0.1) is 0 Å². The molecule has 0 rings (SSSR count). The average Bonchev–Trinajstić information content (AvgIpc) is 2.91. The molecule has 0 aliphatic carbocycles. The zero-order valence-corrected chi connectivity index (χ0v) is 37.4. The predicted octanol–water partition coefficient (Wildman–Crippen LogP) is 9.91. The van der Waals surface area contributed by atoms with Crippen molar-refractivity contribution in [3.8, 4) is 0 Å². The molecule has 4 atom stereocenters. The smallest absolute Gasteiger partial charge is 0.187 e. The summed E-state index contributed by atoms with van der Waals surface area (Å²) in [5.41, 5.74) is 0. The van der Waals surface area contributed by atoms with Crippen molar-refractivity contribution >= 4 is 49.9 Å². The fourth-order valence-electron chi connectivity index (χ4n) is 3.81. The summed E-state index contributed by atoms with van der Waals surface area (Å²) in [7, 11) is -11.7. The molecule has 0 fully saturated rings. The minimum Gasteiger partial charge on any atom is -0.415 e. The van der Waals surface area contributed by atoms with E-state index in [1.165, 1.54) is 0 Å². The van der Waals surface area contributed by atoms with Gasteiger partial charge in [-0.3, -0.25) is 0 Å². The van der Waals surface area contributed by atoms with Crippen LogP contribution in [-0.4, -0.2) is 87.5 Å². The van der Waals surface area contributed by atoms with Crippen LogP contribution in [0.4, 0.5) is 0 Å². The highest BCUT2D eigenvalue weighted by molar-refractivity contribution is 6.73. The summed E-state index contributed by atoms with van der Waals surface area (Å²) in [6.45, 7) is 42.4. The van der Waals surface area contributed by atoms with Gasteiger partial charge in [-0.05, 0) is 115 Å². The van der Waals surface area contributed by atoms with Crippen molar-refractivity contribution in [1.29, 1.82) is 0 Å². The summed E-state index contributed by atoms with van der Waals surface area (Å²) in [6.07, 6.45) is -1.01. The van der Waals surface area contributed by atoms with E-state index in [1.54, 1.807) is 0 Å². The standard InChI is InChI=1S/C30H74O6Si6/c1-19-37(7,8)31-25-27(33-39(11,12)21-3)29(35-41(15,16)23-5)30(36-42(17,18)24-6)28(34-40(13,14)22-4)26-32-38(9,10)20-2/h27-30H,19-26H2,1-18H3/t27-,28+,29+,30-. The van der Waals surface area contributed by atoms with Crippen molar-refractivity contribution in [2.45, 2.75) is 181 Å². The lowest BCUT2D eigenvalue weighted by molar-refractivity contribution is -0.0971. The second-order valence-corrected chi connectivity index (χ2v) is 42.7. The second kappa shape index (κ2) is 17.8. The third-order valence-electron chi connectivity index (χ3n) is 9.29. The molecule has 0 aromatic heterocycles. The number of hydrogen-bond donors (Lipinski definition) is 0. The van der Waals surface area contributed by atoms with Gasteiger partial charge in [0, 0.05) is 0 Å². The molecule has 6 nitrogen and oxygen atoms in total. The highest BCUT2D eigenvalue weighted by Crippen LogP contribution is 2.32. The van der Waals surface area contributed by atoms with Gasteiger partial charge in [0.05, 0.1) is 37.6 Å². The summed E-state index contributed by atoms with van der Waals surface area (Å²) in [5.74, 6) is 0. The highest BCUT2D eigenvalue weighted by Gasteiger charge is 2.47. The first-order valence-electron chi connectivity index (χ1n) is 16.9. The molecule has 0 aromatic carbocycles. The molecule has 12 heteroatoms. The van der Waals surface area contributed by atoms with Crippen LogP contribution in [0.15, 0.2) is 0 Å². The van der Waals surface area contributed by atoms with Crippen LogP contribution in [0.25, 0.3) is 0 Å². The van der Waals surface area contributed by atoms with E-state index in [9.17, 15) is 0 Å². The zero-order chi connectivity index (χ0) is 33.2. The van der Waals surface area contributed by atoms with Gasteiger partial charge in [-0.1, -0.05) is 41.5 Å². The average molecular weight is 699 g/mol. The molecule has 0 saturated carbocycles. The largest absolute Gasteiger partial charge is 0.415 e. The fraction of sp³-hybridized carbons (Fsp3) is 1.00. The van der Waals surface area contributed by atoms with Crippen LogP contribution in [0.2, 0.25) is 115 Å². The molecule has 0 N–H and O–H groups in total. The lowest BCUT2D eigenvalue weighted by atomic mass is 10.0. The van der Waals surface area contributed by atoms with Gasteiger partial charge in [0.15, 0.2) is 49.9 Å². The molecule has 0 heterocycles. The SMILES string of the molecule is CC[Si](C)(C)OC[C@H](O[Si](C)(C)CC)[C@@H](O[Si](C)(C)CC)[C@@H](O[Si](C)(C)CC)[C@@H](CO[Si](C)(C)CC)O[Si](C)(C)CC. The molecule has 254 valence electrons. The van der Waals surface area contributed by atoms with Crippen molar-refractivity contribution in [3.05, 3.63) is 0 Å². The van der Waals surface area contributed by atoms with Crippen molar-refractivity contribution in [1.82, 2.24) is 0 Å². The maximum absolute atomic E-state index is 7.34. The van der Waals surface area contributed by atoms with E-state index in [4.69, 9.17) is 26.6 Å². The van der Waals surface area contributed by atoms with E-state index in [-0.39, 0.29) is 24.4 Å². The predicted molar refractivity (Wildman–Crippen MR) is 199 cm³/mol. The Kier molecular flexibility index (Phi) is 18.3. The Hall–Kier alpha value is 1.06. The van der Waals surface area contributed by atoms with Crippen LogP contribution in [0.3, 0.4) is 0 Å². The molecule has 0 amide bonds. The number of hydrogen-bond acceptors (Lipinski definition) is 6. The van der Waals surface area contributed by atoms with E-state index in [0.29, 0.717) is 13.2 Å². The first kappa shape index (κ1) is 43.1. The van der Waals surface area contributed by atoms with Crippen molar-refractivity contribution in [3.63, 3.8) is 0 Å². The monoisotopic (exact) mass is 698 g/mol. The van der Waals surface area contributed by atoms with Crippen molar-refractivity contribution in [2.24, 2.45) is 0 Å². The second-order valence-electron chi connectivity index (χ2n) is 15.8. The summed E-state index contributed by atoms with van der Waals surface area (Å²) in [6, 6.07) is 6.25. The van der Waals surface area contributed by atoms with Crippen LogP contribution in [0.1, 0.15) is 41.5 Å². The molecule has 0 saturated heterocycles. The molecule has 42 heavy (non-hydrogen) atoms. The maximum Gasteiger partial charge on any atom is 0.187 e. The van der Waals surface area contributed by atoms with Gasteiger partial charge in [-0.2, -0.15) is 0 Å². The Morgan fingerprint density at radius 2 is 0.548 bits per heavy atom. The Morgan fingerprint density at radius 3 is 0.762 bits per heavy atom.